The van der Waals surface area contributed by atoms with E-state index in [1.807, 2.05) is 80.9 Å². The van der Waals surface area contributed by atoms with Crippen molar-refractivity contribution in [2.75, 3.05) is 0 Å². The number of unbranched alkanes of at least 4 members (excludes halogenated alkanes) is 36. The van der Waals surface area contributed by atoms with Gasteiger partial charge in [-0.1, -0.05) is 283 Å². The molecule has 502 valence electrons. The number of thiophene rings is 4. The summed E-state index contributed by atoms with van der Waals surface area (Å²) in [5.41, 5.74) is 7.56. The van der Waals surface area contributed by atoms with Gasteiger partial charge in [0.2, 0.25) is 0 Å². The van der Waals surface area contributed by atoms with E-state index in [0.717, 1.165) is 59.5 Å². The van der Waals surface area contributed by atoms with E-state index in [0.29, 0.717) is 0 Å². The summed E-state index contributed by atoms with van der Waals surface area (Å²) in [4.78, 5) is 24.7. The maximum absolute atomic E-state index is 14.5. The van der Waals surface area contributed by atoms with Crippen molar-refractivity contribution >= 4 is 68.0 Å². The molecule has 10 heteroatoms. The zero-order chi connectivity index (χ0) is 64.2. The summed E-state index contributed by atoms with van der Waals surface area (Å²) in [6, 6.07) is 28.1. The van der Waals surface area contributed by atoms with Crippen molar-refractivity contribution in [1.29, 1.82) is 0 Å². The fourth-order valence-electron chi connectivity index (χ4n) is 13.1. The molecule has 6 heterocycles. The van der Waals surface area contributed by atoms with Gasteiger partial charge in [0.1, 0.15) is 21.6 Å². The van der Waals surface area contributed by atoms with E-state index in [9.17, 15) is 8.78 Å². The van der Waals surface area contributed by atoms with E-state index in [-0.39, 0.29) is 11.6 Å². The Hall–Kier alpha value is -3.64. The van der Waals surface area contributed by atoms with Gasteiger partial charge in [0.15, 0.2) is 0 Å². The molecule has 0 atom stereocenters. The average Bonchev–Trinajstić information content (AvgIpc) is 2.16. The number of nitrogens with zero attached hydrogens (tertiary/aromatic N) is 2. The first-order valence-electron chi connectivity index (χ1n) is 37.3. The van der Waals surface area contributed by atoms with Crippen LogP contribution in [0.5, 0.6) is 0 Å². The molecule has 6 aromatic heterocycles. The minimum atomic E-state index is -0.200. The summed E-state index contributed by atoms with van der Waals surface area (Å²) < 4.78 is 28.4. The summed E-state index contributed by atoms with van der Waals surface area (Å²) in [6.07, 6.45) is 57.0. The predicted molar refractivity (Wildman–Crippen MR) is 409 cm³/mol. The number of hydrogen-bond acceptors (Lipinski definition) is 8. The molecule has 0 fully saturated rings. The van der Waals surface area contributed by atoms with Crippen molar-refractivity contribution in [3.63, 3.8) is 0 Å². The van der Waals surface area contributed by atoms with E-state index in [4.69, 9.17) is 9.97 Å². The van der Waals surface area contributed by atoms with Crippen molar-refractivity contribution in [3.8, 4) is 69.9 Å². The summed E-state index contributed by atoms with van der Waals surface area (Å²) in [5, 5.41) is 2.35. The number of rotatable bonds is 51. The SMILES string of the molecule is CCCCCCCCCCCCc1cc(-c2ccc(F)cc2)sc1-c1nc(CCCCCCCCCCCC)c(-c2sc(-c3sc(-c4ccc(-c5ccc(-c6ccc(F)cc6)s5)s4)cc3CCCCCCCCCCCC)nc2CCCCCCCCCCCC)s1. The Labute approximate surface area is 581 Å². The summed E-state index contributed by atoms with van der Waals surface area (Å²) in [7, 11) is 0. The molecule has 0 amide bonds. The van der Waals surface area contributed by atoms with E-state index in [2.05, 4.69) is 64.1 Å². The van der Waals surface area contributed by atoms with E-state index >= 15 is 0 Å². The number of halogens is 2. The molecule has 0 spiro atoms. The minimum absolute atomic E-state index is 0.187. The lowest BCUT2D eigenvalue weighted by molar-refractivity contribution is 0.555. The third-order valence-corrected chi connectivity index (χ3v) is 26.4. The maximum Gasteiger partial charge on any atom is 0.134 e. The Kier molecular flexibility index (Phi) is 35.1. The van der Waals surface area contributed by atoms with E-state index < -0.39 is 0 Å². The largest absolute Gasteiger partial charge is 0.240 e. The Morgan fingerprint density at radius 1 is 0.250 bits per heavy atom. The van der Waals surface area contributed by atoms with Crippen LogP contribution in [-0.4, -0.2) is 9.97 Å². The van der Waals surface area contributed by atoms with Crippen LogP contribution in [0.1, 0.15) is 307 Å². The second-order valence-electron chi connectivity index (χ2n) is 26.6. The molecule has 8 rings (SSSR count). The highest BCUT2D eigenvalue weighted by atomic mass is 32.1. The molecule has 0 unspecified atom stereocenters. The molecule has 0 saturated heterocycles. The summed E-state index contributed by atoms with van der Waals surface area (Å²) >= 11 is 11.4. The molecule has 0 bridgehead atoms. The fourth-order valence-corrected chi connectivity index (χ4v) is 20.3. The number of aromatic nitrogens is 2. The van der Waals surface area contributed by atoms with Crippen molar-refractivity contribution in [1.82, 2.24) is 9.97 Å². The van der Waals surface area contributed by atoms with Crippen LogP contribution in [-0.2, 0) is 25.7 Å². The van der Waals surface area contributed by atoms with Gasteiger partial charge in [-0.15, -0.1) is 68.0 Å². The van der Waals surface area contributed by atoms with E-state index in [1.54, 1.807) is 35.6 Å². The van der Waals surface area contributed by atoms with Crippen molar-refractivity contribution in [3.05, 3.63) is 119 Å². The van der Waals surface area contributed by atoms with Crippen molar-refractivity contribution in [2.24, 2.45) is 0 Å². The topological polar surface area (TPSA) is 25.8 Å². The summed E-state index contributed by atoms with van der Waals surface area (Å²) in [5.74, 6) is -0.387. The predicted octanol–water partition coefficient (Wildman–Crippen LogP) is 30.6. The number of aryl methyl sites for hydroxylation is 4. The molecule has 0 aliphatic carbocycles. The van der Waals surface area contributed by atoms with Crippen molar-refractivity contribution in [2.45, 2.75) is 310 Å². The first-order valence-corrected chi connectivity index (χ1v) is 42.2. The third kappa shape index (κ3) is 25.1. The zero-order valence-corrected chi connectivity index (χ0v) is 62.2. The van der Waals surface area contributed by atoms with Gasteiger partial charge in [-0.2, -0.15) is 0 Å². The van der Waals surface area contributed by atoms with Crippen LogP contribution in [0.2, 0.25) is 0 Å². The van der Waals surface area contributed by atoms with Gasteiger partial charge in [-0.3, -0.25) is 0 Å². The molecule has 2 aromatic carbocycles. The van der Waals surface area contributed by atoms with Gasteiger partial charge in [0.05, 0.1) is 30.9 Å². The molecule has 0 N–H and O–H groups in total. The molecule has 0 aliphatic heterocycles. The average molecular weight is 1360 g/mol. The molecule has 92 heavy (non-hydrogen) atoms. The Morgan fingerprint density at radius 2 is 0.522 bits per heavy atom. The maximum atomic E-state index is 14.5. The molecule has 0 saturated carbocycles. The molecule has 0 radical (unpaired) electrons. The van der Waals surface area contributed by atoms with Gasteiger partial charge in [0, 0.05) is 29.3 Å². The molecular weight excluding hydrogens is 1240 g/mol. The van der Waals surface area contributed by atoms with Gasteiger partial charge >= 0.3 is 0 Å². The van der Waals surface area contributed by atoms with E-state index in [1.165, 1.54) is 315 Å². The molecule has 0 aliphatic rings. The highest BCUT2D eigenvalue weighted by Gasteiger charge is 2.26. The smallest absolute Gasteiger partial charge is 0.134 e. The Bertz CT molecular complexity index is 3220. The highest BCUT2D eigenvalue weighted by molar-refractivity contribution is 7.30. The molecule has 2 nitrogen and oxygen atoms in total. The highest BCUT2D eigenvalue weighted by Crippen LogP contribution is 2.50. The molecule has 8 aromatic rings. The first kappa shape index (κ1) is 74.2. The van der Waals surface area contributed by atoms with Crippen LogP contribution in [0, 0.1) is 11.6 Å². The second-order valence-corrected chi connectivity index (χ2v) is 32.9. The number of hydrogen-bond donors (Lipinski definition) is 0. The number of benzene rings is 2. The van der Waals surface area contributed by atoms with Crippen LogP contribution in [0.25, 0.3) is 69.9 Å². The first-order chi connectivity index (χ1) is 45.3. The monoisotopic (exact) mass is 1360 g/mol. The normalized spacial score (nSPS) is 11.8. The Morgan fingerprint density at radius 3 is 0.880 bits per heavy atom. The van der Waals surface area contributed by atoms with Gasteiger partial charge in [0.25, 0.3) is 0 Å². The Balaban J connectivity index is 1.12. The van der Waals surface area contributed by atoms with Crippen molar-refractivity contribution < 1.29 is 8.78 Å². The van der Waals surface area contributed by atoms with Gasteiger partial charge in [-0.05, 0) is 134 Å². The van der Waals surface area contributed by atoms with Crippen LogP contribution in [0.4, 0.5) is 8.78 Å². The van der Waals surface area contributed by atoms with Crippen LogP contribution in [0.15, 0.2) is 84.9 Å². The van der Waals surface area contributed by atoms with Gasteiger partial charge < -0.3 is 0 Å². The standard InChI is InChI=1S/C82H114F2N2S6/c1-5-9-13-17-21-25-29-33-37-41-45-65-61-75(64-51-55-68(84)56-52-64)89-77(65)81-85-69(47-43-39-35-31-27-23-19-15-11-7-3)79(91-81)80-70(48-44-40-36-32-28-24-20-16-12-8-4)86-82(92-80)78-66(46-42-38-34-30-26-22-18-14-10-6-2)62-76(90-78)74-60-59-73(88-74)72-58-57-71(87-72)63-49-53-67(83)54-50-63/h49-62H,5-48H2,1-4H3. The third-order valence-electron chi connectivity index (χ3n) is 18.7. The lowest BCUT2D eigenvalue weighted by Crippen LogP contribution is -1.93. The second kappa shape index (κ2) is 43.5. The number of thiazole rings is 2. The lowest BCUT2D eigenvalue weighted by Gasteiger charge is -2.05. The summed E-state index contributed by atoms with van der Waals surface area (Å²) in [6.45, 7) is 9.24. The zero-order valence-electron chi connectivity index (χ0n) is 57.3. The van der Waals surface area contributed by atoms with Crippen LogP contribution >= 0.6 is 68.0 Å². The molecular formula is C82H114F2N2S6. The lowest BCUT2D eigenvalue weighted by atomic mass is 10.0. The van der Waals surface area contributed by atoms with Crippen LogP contribution in [0.3, 0.4) is 0 Å². The fraction of sp³-hybridized carbons (Fsp3) is 0.585. The van der Waals surface area contributed by atoms with Gasteiger partial charge in [-0.25, -0.2) is 18.7 Å². The quantitative estimate of drug-likeness (QED) is 0.0355. The van der Waals surface area contributed by atoms with Crippen LogP contribution < -0.4 is 0 Å². The minimum Gasteiger partial charge on any atom is -0.240 e.